The van der Waals surface area contributed by atoms with E-state index in [1.165, 1.54) is 0 Å². The second-order valence-electron chi connectivity index (χ2n) is 7.09. The summed E-state index contributed by atoms with van der Waals surface area (Å²) in [5, 5.41) is 2.93. The summed E-state index contributed by atoms with van der Waals surface area (Å²) in [6.45, 7) is 2.07. The van der Waals surface area contributed by atoms with Gasteiger partial charge in [0.1, 0.15) is 5.75 Å². The van der Waals surface area contributed by atoms with Crippen LogP contribution < -0.4 is 19.8 Å². The molecule has 0 saturated carbocycles. The average Bonchev–Trinajstić information content (AvgIpc) is 2.78. The molecule has 0 spiro atoms. The van der Waals surface area contributed by atoms with Crippen molar-refractivity contribution in [3.05, 3.63) is 69.8 Å². The topological polar surface area (TPSA) is 73.4 Å². The second-order valence-corrected chi connectivity index (χ2v) is 7.09. The van der Waals surface area contributed by atoms with Gasteiger partial charge in [0, 0.05) is 40.2 Å². The molecular formula is C25H28N2O4. The summed E-state index contributed by atoms with van der Waals surface area (Å²) < 4.78 is 16.3. The molecular weight excluding hydrogens is 392 g/mol. The largest absolute Gasteiger partial charge is 0.497 e. The average molecular weight is 421 g/mol. The number of aryl methyl sites for hydroxylation is 1. The molecule has 0 aliphatic heterocycles. The molecule has 0 aliphatic rings. The first-order valence-electron chi connectivity index (χ1n) is 9.80. The lowest BCUT2D eigenvalue weighted by Crippen LogP contribution is -2.13. The van der Waals surface area contributed by atoms with Crippen molar-refractivity contribution in [2.75, 3.05) is 21.3 Å². The van der Waals surface area contributed by atoms with E-state index in [9.17, 15) is 4.79 Å². The summed E-state index contributed by atoms with van der Waals surface area (Å²) in [7, 11) is 4.87. The number of pyridine rings is 2. The number of fused-ring (bicyclic) bond motifs is 2. The van der Waals surface area contributed by atoms with Crippen LogP contribution in [0.3, 0.4) is 0 Å². The molecule has 0 atom stereocenters. The molecule has 0 aliphatic carbocycles. The Morgan fingerprint density at radius 2 is 1.61 bits per heavy atom. The molecule has 0 unspecified atom stereocenters. The Bertz CT molecular complexity index is 1290. The van der Waals surface area contributed by atoms with Crippen LogP contribution in [-0.2, 0) is 12.8 Å². The van der Waals surface area contributed by atoms with Gasteiger partial charge in [-0.25, -0.2) is 0 Å². The lowest BCUT2D eigenvalue weighted by atomic mass is 9.98. The van der Waals surface area contributed by atoms with Gasteiger partial charge in [-0.3, -0.25) is 9.78 Å². The molecule has 0 amide bonds. The fourth-order valence-corrected chi connectivity index (χ4v) is 3.79. The number of hydrogen-bond acceptors (Lipinski definition) is 5. The first-order chi connectivity index (χ1) is 14.6. The summed E-state index contributed by atoms with van der Waals surface area (Å²) in [4.78, 5) is 20.3. The third kappa shape index (κ3) is 4.06. The number of nitrogens with zero attached hydrogens (tertiary/aromatic N) is 1. The van der Waals surface area contributed by atoms with E-state index in [4.69, 9.17) is 14.2 Å². The number of rotatable bonds is 6. The number of H-pyrrole nitrogens is 1. The van der Waals surface area contributed by atoms with Gasteiger partial charge in [-0.05, 0) is 53.8 Å². The molecule has 0 saturated heterocycles. The molecule has 0 radical (unpaired) electrons. The first kappa shape index (κ1) is 22.2. The Labute approximate surface area is 181 Å². The highest BCUT2D eigenvalue weighted by Crippen LogP contribution is 2.35. The normalized spacial score (nSPS) is 10.7. The Hall–Kier alpha value is -3.54. The van der Waals surface area contributed by atoms with Crippen molar-refractivity contribution in [3.8, 4) is 17.2 Å². The Morgan fingerprint density at radius 1 is 0.903 bits per heavy atom. The molecule has 6 heteroatoms. The molecule has 31 heavy (non-hydrogen) atoms. The summed E-state index contributed by atoms with van der Waals surface area (Å²) in [6, 6.07) is 11.4. The van der Waals surface area contributed by atoms with Crippen LogP contribution in [0.2, 0.25) is 0 Å². The van der Waals surface area contributed by atoms with Gasteiger partial charge in [-0.15, -0.1) is 0 Å². The van der Waals surface area contributed by atoms with Crippen molar-refractivity contribution in [3.63, 3.8) is 0 Å². The van der Waals surface area contributed by atoms with E-state index in [1.807, 2.05) is 42.6 Å². The third-order valence-electron chi connectivity index (χ3n) is 5.40. The smallest absolute Gasteiger partial charge is 0.251 e. The fraction of sp³-hybridized carbons (Fsp3) is 0.280. The van der Waals surface area contributed by atoms with Crippen molar-refractivity contribution in [1.29, 1.82) is 0 Å². The van der Waals surface area contributed by atoms with Crippen LogP contribution in [0.4, 0.5) is 0 Å². The summed E-state index contributed by atoms with van der Waals surface area (Å²) in [6.07, 6.45) is 3.09. The first-order valence-corrected chi connectivity index (χ1v) is 9.80. The van der Waals surface area contributed by atoms with Crippen LogP contribution >= 0.6 is 0 Å². The highest BCUT2D eigenvalue weighted by Gasteiger charge is 2.14. The zero-order valence-corrected chi connectivity index (χ0v) is 17.5. The molecule has 162 valence electrons. The van der Waals surface area contributed by atoms with E-state index in [0.717, 1.165) is 45.1 Å². The van der Waals surface area contributed by atoms with E-state index in [2.05, 4.69) is 16.9 Å². The molecule has 2 aromatic carbocycles. The van der Waals surface area contributed by atoms with Crippen molar-refractivity contribution < 1.29 is 14.2 Å². The van der Waals surface area contributed by atoms with Gasteiger partial charge >= 0.3 is 0 Å². The zero-order valence-electron chi connectivity index (χ0n) is 17.5. The number of methoxy groups -OCH3 is 3. The maximum absolute atomic E-state index is 12.7. The van der Waals surface area contributed by atoms with Gasteiger partial charge in [-0.2, -0.15) is 0 Å². The lowest BCUT2D eigenvalue weighted by molar-refractivity contribution is 0.356. The molecule has 4 rings (SSSR count). The third-order valence-corrected chi connectivity index (χ3v) is 5.40. The molecule has 1 N–H and O–H groups in total. The van der Waals surface area contributed by atoms with Gasteiger partial charge in [0.15, 0.2) is 11.5 Å². The zero-order chi connectivity index (χ0) is 21.3. The number of nitrogens with one attached hydrogen (secondary N) is 1. The maximum atomic E-state index is 12.7. The quantitative estimate of drug-likeness (QED) is 0.481. The standard InChI is InChI=1S/C24H24N2O4.CH4/c1-5-20-19-12-23(30-4)22(29-3)11-18(19)16(13-25-20)9-15-8-14-10-17(28-2)6-7-21(14)26-24(15)27;/h6-8,10-13H,5,9H2,1-4H3,(H,26,27);1H4. The highest BCUT2D eigenvalue weighted by atomic mass is 16.5. The van der Waals surface area contributed by atoms with Gasteiger partial charge < -0.3 is 19.2 Å². The number of aromatic amines is 1. The van der Waals surface area contributed by atoms with E-state index >= 15 is 0 Å². The second kappa shape index (κ2) is 9.08. The van der Waals surface area contributed by atoms with Crippen LogP contribution in [0.5, 0.6) is 17.2 Å². The van der Waals surface area contributed by atoms with Crippen LogP contribution in [0.15, 0.2) is 47.4 Å². The monoisotopic (exact) mass is 420 g/mol. The molecule has 2 aromatic heterocycles. The Kier molecular flexibility index (Phi) is 6.49. The lowest BCUT2D eigenvalue weighted by Gasteiger charge is -2.14. The maximum Gasteiger partial charge on any atom is 0.251 e. The van der Waals surface area contributed by atoms with Crippen LogP contribution in [0, 0.1) is 0 Å². The number of benzene rings is 2. The van der Waals surface area contributed by atoms with E-state index in [1.54, 1.807) is 21.3 Å². The summed E-state index contributed by atoms with van der Waals surface area (Å²) >= 11 is 0. The number of aromatic nitrogens is 2. The van der Waals surface area contributed by atoms with E-state index < -0.39 is 0 Å². The minimum atomic E-state index is -0.110. The Balaban J connectivity index is 0.00000272. The minimum Gasteiger partial charge on any atom is -0.497 e. The van der Waals surface area contributed by atoms with Crippen molar-refractivity contribution in [2.45, 2.75) is 27.2 Å². The van der Waals surface area contributed by atoms with Gasteiger partial charge in [0.25, 0.3) is 5.56 Å². The summed E-state index contributed by atoms with van der Waals surface area (Å²) in [5.41, 5.74) is 3.27. The van der Waals surface area contributed by atoms with Crippen LogP contribution in [0.25, 0.3) is 21.7 Å². The van der Waals surface area contributed by atoms with Crippen molar-refractivity contribution in [2.24, 2.45) is 0 Å². The fourth-order valence-electron chi connectivity index (χ4n) is 3.79. The van der Waals surface area contributed by atoms with Crippen LogP contribution in [-0.4, -0.2) is 31.3 Å². The molecule has 6 nitrogen and oxygen atoms in total. The Morgan fingerprint density at radius 3 is 2.26 bits per heavy atom. The van der Waals surface area contributed by atoms with E-state index in [-0.39, 0.29) is 13.0 Å². The van der Waals surface area contributed by atoms with Crippen molar-refractivity contribution in [1.82, 2.24) is 9.97 Å². The highest BCUT2D eigenvalue weighted by molar-refractivity contribution is 5.91. The van der Waals surface area contributed by atoms with Gasteiger partial charge in [0.2, 0.25) is 0 Å². The minimum absolute atomic E-state index is 0. The van der Waals surface area contributed by atoms with Crippen LogP contribution in [0.1, 0.15) is 31.2 Å². The SMILES string of the molecule is C.CCc1ncc(Cc2cc3cc(OC)ccc3[nH]c2=O)c2cc(OC)c(OC)cc12. The predicted molar refractivity (Wildman–Crippen MR) is 125 cm³/mol. The van der Waals surface area contributed by atoms with Crippen molar-refractivity contribution >= 4 is 21.7 Å². The van der Waals surface area contributed by atoms with E-state index in [0.29, 0.717) is 23.5 Å². The predicted octanol–water partition coefficient (Wildman–Crippen LogP) is 4.89. The van der Waals surface area contributed by atoms with Gasteiger partial charge in [0.05, 0.1) is 21.3 Å². The number of hydrogen-bond donors (Lipinski definition) is 1. The molecule has 0 bridgehead atoms. The number of ether oxygens (including phenoxy) is 3. The van der Waals surface area contributed by atoms with Gasteiger partial charge in [-0.1, -0.05) is 14.4 Å². The molecule has 2 heterocycles. The molecule has 0 fully saturated rings. The molecule has 4 aromatic rings. The summed E-state index contributed by atoms with van der Waals surface area (Å²) in [5.74, 6) is 2.06.